The molecular weight excluding hydrogens is 568 g/mol. The Morgan fingerprint density at radius 2 is 1.74 bits per heavy atom. The molecular formula is C32H44N4O6S. The first kappa shape index (κ1) is 32.7. The van der Waals surface area contributed by atoms with Gasteiger partial charge in [0.2, 0.25) is 0 Å². The van der Waals surface area contributed by atoms with Gasteiger partial charge in [0.15, 0.2) is 5.69 Å². The number of hydrogen-bond acceptors (Lipinski definition) is 6. The molecule has 0 N–H and O–H groups in total. The van der Waals surface area contributed by atoms with Crippen molar-refractivity contribution in [2.24, 2.45) is 0 Å². The molecule has 0 bridgehead atoms. The van der Waals surface area contributed by atoms with E-state index in [1.165, 1.54) is 35.4 Å². The van der Waals surface area contributed by atoms with E-state index in [0.29, 0.717) is 23.8 Å². The maximum absolute atomic E-state index is 13.7. The van der Waals surface area contributed by atoms with Gasteiger partial charge >= 0.3 is 6.09 Å². The van der Waals surface area contributed by atoms with Crippen molar-refractivity contribution < 1.29 is 27.4 Å². The number of aryl methyl sites for hydroxylation is 1. The van der Waals surface area contributed by atoms with Crippen LogP contribution >= 0.6 is 0 Å². The molecule has 2 fully saturated rings. The topological polar surface area (TPSA) is 93.0 Å². The first-order chi connectivity index (χ1) is 20.5. The zero-order valence-electron chi connectivity index (χ0n) is 26.0. The number of likely N-dealkylation sites (tertiary alicyclic amines) is 1. The highest BCUT2D eigenvalue weighted by Crippen LogP contribution is 2.37. The first-order valence-corrected chi connectivity index (χ1v) is 16.2. The molecule has 1 saturated carbocycles. The molecule has 1 aliphatic carbocycles. The van der Waals surface area contributed by atoms with E-state index in [4.69, 9.17) is 20.8 Å². The van der Waals surface area contributed by atoms with Crippen LogP contribution in [0.25, 0.3) is 4.85 Å². The lowest BCUT2D eigenvalue weighted by molar-refractivity contribution is -0.0141. The van der Waals surface area contributed by atoms with E-state index >= 15 is 0 Å². The molecule has 3 atom stereocenters. The molecule has 2 aromatic carbocycles. The summed E-state index contributed by atoms with van der Waals surface area (Å²) in [6, 6.07) is 12.2. The van der Waals surface area contributed by atoms with Crippen LogP contribution in [0, 0.1) is 13.5 Å². The van der Waals surface area contributed by atoms with E-state index in [2.05, 4.69) is 17.0 Å². The summed E-state index contributed by atoms with van der Waals surface area (Å²) in [4.78, 5) is 18.2. The fourth-order valence-corrected chi connectivity index (χ4v) is 7.70. The van der Waals surface area contributed by atoms with E-state index in [9.17, 15) is 13.2 Å². The second-order valence-electron chi connectivity index (χ2n) is 11.7. The molecule has 0 aromatic heterocycles. The third kappa shape index (κ3) is 7.32. The number of carbonyl (C=O) groups is 1. The van der Waals surface area contributed by atoms with Gasteiger partial charge in [-0.05, 0) is 80.7 Å². The van der Waals surface area contributed by atoms with Crippen LogP contribution in [0.4, 0.5) is 10.5 Å². The number of rotatable bonds is 10. The lowest BCUT2D eigenvalue weighted by atomic mass is 9.82. The second kappa shape index (κ2) is 14.1. The van der Waals surface area contributed by atoms with Gasteiger partial charge in [0, 0.05) is 26.7 Å². The van der Waals surface area contributed by atoms with E-state index in [1.807, 2.05) is 44.2 Å². The fraction of sp³-hybridized carbons (Fsp3) is 0.562. The molecule has 234 valence electrons. The fourth-order valence-electron chi connectivity index (χ4n) is 6.40. The van der Waals surface area contributed by atoms with E-state index < -0.39 is 28.4 Å². The van der Waals surface area contributed by atoms with E-state index in [1.54, 1.807) is 12.0 Å². The Bertz CT molecular complexity index is 1400. The maximum Gasteiger partial charge on any atom is 0.410 e. The normalized spacial score (nSPS) is 24.3. The van der Waals surface area contributed by atoms with Crippen LogP contribution < -0.4 is 4.74 Å². The monoisotopic (exact) mass is 612 g/mol. The molecule has 10 nitrogen and oxygen atoms in total. The smallest absolute Gasteiger partial charge is 0.410 e. The van der Waals surface area contributed by atoms with Crippen molar-refractivity contribution in [3.8, 4) is 5.75 Å². The van der Waals surface area contributed by atoms with Crippen molar-refractivity contribution in [1.82, 2.24) is 13.5 Å². The molecule has 43 heavy (non-hydrogen) atoms. The van der Waals surface area contributed by atoms with Crippen molar-refractivity contribution in [2.45, 2.75) is 82.6 Å². The van der Waals surface area contributed by atoms with E-state index in [-0.39, 0.29) is 25.3 Å². The van der Waals surface area contributed by atoms with Crippen LogP contribution in [0.2, 0.25) is 0 Å². The average Bonchev–Trinajstić information content (AvgIpc) is 3.33. The Hall–Kier alpha value is -3.17. The van der Waals surface area contributed by atoms with Crippen LogP contribution in [-0.4, -0.2) is 87.2 Å². The minimum absolute atomic E-state index is 0.0106. The molecule has 2 aliphatic rings. The lowest BCUT2D eigenvalue weighted by Gasteiger charge is -2.37. The van der Waals surface area contributed by atoms with Gasteiger partial charge in [-0.3, -0.25) is 4.90 Å². The Morgan fingerprint density at radius 3 is 2.30 bits per heavy atom. The Balaban J connectivity index is 1.52. The largest absolute Gasteiger partial charge is 0.497 e. The Morgan fingerprint density at radius 1 is 1.07 bits per heavy atom. The van der Waals surface area contributed by atoms with Gasteiger partial charge in [0.1, 0.15) is 5.75 Å². The van der Waals surface area contributed by atoms with Crippen LogP contribution in [0.5, 0.6) is 5.75 Å². The van der Waals surface area contributed by atoms with Gasteiger partial charge < -0.3 is 14.2 Å². The summed E-state index contributed by atoms with van der Waals surface area (Å²) < 4.78 is 47.0. The summed E-state index contributed by atoms with van der Waals surface area (Å²) in [6.45, 7) is 11.6. The number of amides is 1. The van der Waals surface area contributed by atoms with Crippen molar-refractivity contribution >= 4 is 22.0 Å². The molecule has 11 heteroatoms. The standard InChI is InChI=1S/C32H44N4O6S/c1-22-18-26(12-17-29(22)33-3)25-10-15-28(16-11-25)42-21-31-30(19-23(2)36(31)32(37)41-7)35(43(38,39)34(4)5)20-24-8-13-27(40-6)14-9-24/h8-9,12-14,17-18,23,25,28,30-31H,10-11,15-16,19-21H2,1-2,4-7H3/t23-,25?,28?,30+,31+/m1/s1. The molecule has 4 rings (SSSR count). The highest BCUT2D eigenvalue weighted by molar-refractivity contribution is 7.86. The van der Waals surface area contributed by atoms with Crippen LogP contribution in [-0.2, 0) is 26.2 Å². The molecule has 2 aromatic rings. The summed E-state index contributed by atoms with van der Waals surface area (Å²) >= 11 is 0. The summed E-state index contributed by atoms with van der Waals surface area (Å²) in [5.41, 5.74) is 3.76. The zero-order chi connectivity index (χ0) is 31.3. The van der Waals surface area contributed by atoms with Gasteiger partial charge in [-0.2, -0.15) is 17.0 Å². The minimum Gasteiger partial charge on any atom is -0.497 e. The SMILES string of the molecule is [C-]#[N+]c1ccc(C2CCC(OC[C@H]3[C@@H](N(Cc4ccc(OC)cc4)S(=O)(=O)N(C)C)C[C@@H](C)N3C(=O)OC)CC2)cc1C. The third-order valence-electron chi connectivity index (χ3n) is 8.86. The predicted octanol–water partition coefficient (Wildman–Crippen LogP) is 5.50. The van der Waals surface area contributed by atoms with Crippen LogP contribution in [0.3, 0.4) is 0 Å². The average molecular weight is 613 g/mol. The lowest BCUT2D eigenvalue weighted by Crippen LogP contribution is -2.53. The summed E-state index contributed by atoms with van der Waals surface area (Å²) in [5, 5.41) is 0. The predicted molar refractivity (Wildman–Crippen MR) is 165 cm³/mol. The summed E-state index contributed by atoms with van der Waals surface area (Å²) in [7, 11) is 2.12. The van der Waals surface area contributed by atoms with Crippen molar-refractivity contribution in [1.29, 1.82) is 0 Å². The number of nitrogens with zero attached hydrogens (tertiary/aromatic N) is 4. The summed E-state index contributed by atoms with van der Waals surface area (Å²) in [6.07, 6.45) is 3.64. The molecule has 0 radical (unpaired) electrons. The highest BCUT2D eigenvalue weighted by Gasteiger charge is 2.49. The van der Waals surface area contributed by atoms with Crippen molar-refractivity contribution in [2.75, 3.05) is 34.9 Å². The highest BCUT2D eigenvalue weighted by atomic mass is 32.2. The zero-order valence-corrected chi connectivity index (χ0v) is 26.8. The van der Waals surface area contributed by atoms with Gasteiger partial charge in [-0.25, -0.2) is 9.64 Å². The number of benzene rings is 2. The molecule has 1 amide bonds. The number of hydrogen-bond donors (Lipinski definition) is 0. The van der Waals surface area contributed by atoms with Crippen LogP contribution in [0.15, 0.2) is 42.5 Å². The Kier molecular flexibility index (Phi) is 10.7. The number of carbonyl (C=O) groups excluding carboxylic acids is 1. The minimum atomic E-state index is -3.86. The molecule has 1 heterocycles. The maximum atomic E-state index is 13.7. The van der Waals surface area contributed by atoms with Gasteiger partial charge in [-0.1, -0.05) is 30.3 Å². The molecule has 0 spiro atoms. The molecule has 1 saturated heterocycles. The van der Waals surface area contributed by atoms with E-state index in [0.717, 1.165) is 36.8 Å². The number of methoxy groups -OCH3 is 2. The van der Waals surface area contributed by atoms with Crippen molar-refractivity contribution in [3.63, 3.8) is 0 Å². The Labute approximate surface area is 256 Å². The second-order valence-corrected chi connectivity index (χ2v) is 13.8. The van der Waals surface area contributed by atoms with Gasteiger partial charge in [0.25, 0.3) is 10.2 Å². The first-order valence-electron chi connectivity index (χ1n) is 14.8. The molecule has 1 aliphatic heterocycles. The van der Waals surface area contributed by atoms with Gasteiger partial charge in [0.05, 0.1) is 45.6 Å². The van der Waals surface area contributed by atoms with Crippen LogP contribution in [0.1, 0.15) is 61.6 Å². The number of ether oxygens (including phenoxy) is 3. The third-order valence-corrected chi connectivity index (χ3v) is 10.8. The van der Waals surface area contributed by atoms with Gasteiger partial charge in [-0.15, -0.1) is 0 Å². The molecule has 0 unspecified atom stereocenters. The summed E-state index contributed by atoms with van der Waals surface area (Å²) in [5.74, 6) is 1.10. The quantitative estimate of drug-likeness (QED) is 0.329. The van der Waals surface area contributed by atoms with Crippen molar-refractivity contribution in [3.05, 3.63) is 70.6 Å².